The van der Waals surface area contributed by atoms with E-state index in [9.17, 15) is 19.1 Å². The van der Waals surface area contributed by atoms with Gasteiger partial charge in [0.15, 0.2) is 0 Å². The molecule has 0 fully saturated rings. The van der Waals surface area contributed by atoms with E-state index in [1.54, 1.807) is 49.4 Å². The van der Waals surface area contributed by atoms with E-state index in [0.717, 1.165) is 11.1 Å². The summed E-state index contributed by atoms with van der Waals surface area (Å²) in [5.74, 6) is -1.26. The molecule has 3 rings (SSSR count). The van der Waals surface area contributed by atoms with Crippen LogP contribution >= 0.6 is 0 Å². The van der Waals surface area contributed by atoms with E-state index in [4.69, 9.17) is 0 Å². The second-order valence-corrected chi connectivity index (χ2v) is 6.59. The van der Waals surface area contributed by atoms with Gasteiger partial charge in [0.05, 0.1) is 17.7 Å². The Bertz CT molecular complexity index is 1080. The zero-order chi connectivity index (χ0) is 21.5. The molecule has 0 radical (unpaired) electrons. The summed E-state index contributed by atoms with van der Waals surface area (Å²) in [5, 5.41) is 16.0. The third-order valence-electron chi connectivity index (χ3n) is 4.33. The number of rotatable bonds is 6. The summed E-state index contributed by atoms with van der Waals surface area (Å²) in [6.07, 6.45) is 0.137. The molecule has 3 aromatic rings. The average Bonchev–Trinajstić information content (AvgIpc) is 2.74. The zero-order valence-electron chi connectivity index (χ0n) is 16.2. The Morgan fingerprint density at radius 3 is 2.30 bits per heavy atom. The van der Waals surface area contributed by atoms with Gasteiger partial charge in [0.1, 0.15) is 11.6 Å². The lowest BCUT2D eigenvalue weighted by molar-refractivity contribution is -0.120. The maximum absolute atomic E-state index is 13.7. The van der Waals surface area contributed by atoms with Crippen molar-refractivity contribution in [1.29, 1.82) is 0 Å². The molecule has 0 saturated carbocycles. The normalized spacial score (nSPS) is 11.1. The number of aromatic hydroxyl groups is 1. The van der Waals surface area contributed by atoms with Crippen LogP contribution in [0.15, 0.2) is 77.9 Å². The monoisotopic (exact) mass is 405 g/mol. The van der Waals surface area contributed by atoms with Crippen molar-refractivity contribution >= 4 is 23.2 Å². The van der Waals surface area contributed by atoms with Crippen LogP contribution in [0.3, 0.4) is 0 Å². The second-order valence-electron chi connectivity index (χ2n) is 6.59. The maximum Gasteiger partial charge on any atom is 0.258 e. The van der Waals surface area contributed by atoms with Crippen LogP contribution in [0, 0.1) is 5.82 Å². The lowest BCUT2D eigenvalue weighted by Gasteiger charge is -2.08. The van der Waals surface area contributed by atoms with Crippen molar-refractivity contribution in [3.8, 4) is 5.75 Å². The Kier molecular flexibility index (Phi) is 6.54. The fourth-order valence-electron chi connectivity index (χ4n) is 2.69. The fraction of sp³-hybridized carbons (Fsp3) is 0.0870. The lowest BCUT2D eigenvalue weighted by Crippen LogP contribution is -2.21. The minimum absolute atomic E-state index is 0.0318. The number of nitrogens with one attached hydrogen (secondary N) is 2. The summed E-state index contributed by atoms with van der Waals surface area (Å²) >= 11 is 0. The lowest BCUT2D eigenvalue weighted by atomic mass is 10.1. The Hall–Kier alpha value is -4.00. The molecule has 0 aliphatic carbocycles. The van der Waals surface area contributed by atoms with Crippen LogP contribution in [-0.4, -0.2) is 22.6 Å². The highest BCUT2D eigenvalue weighted by molar-refractivity contribution is 6.05. The van der Waals surface area contributed by atoms with Crippen LogP contribution in [0.4, 0.5) is 10.1 Å². The first kappa shape index (κ1) is 20.7. The summed E-state index contributed by atoms with van der Waals surface area (Å²) in [6.45, 7) is 1.74. The van der Waals surface area contributed by atoms with Gasteiger partial charge in [0, 0.05) is 5.69 Å². The highest BCUT2D eigenvalue weighted by atomic mass is 19.1. The SMILES string of the molecule is C/C(=N/NC(=O)Cc1ccc(O)cc1)c1ccc(NC(=O)c2ccccc2F)cc1. The largest absolute Gasteiger partial charge is 0.508 e. The molecule has 3 aromatic carbocycles. The van der Waals surface area contributed by atoms with Crippen LogP contribution in [0.1, 0.15) is 28.4 Å². The fourth-order valence-corrected chi connectivity index (χ4v) is 2.69. The van der Waals surface area contributed by atoms with Gasteiger partial charge in [-0.2, -0.15) is 5.10 Å². The van der Waals surface area contributed by atoms with Crippen LogP contribution in [0.5, 0.6) is 5.75 Å². The summed E-state index contributed by atoms with van der Waals surface area (Å²) < 4.78 is 13.7. The Morgan fingerprint density at radius 2 is 1.63 bits per heavy atom. The third-order valence-corrected chi connectivity index (χ3v) is 4.33. The van der Waals surface area contributed by atoms with Crippen molar-refractivity contribution in [3.05, 3.63) is 95.3 Å². The highest BCUT2D eigenvalue weighted by Crippen LogP contribution is 2.14. The molecule has 0 aliphatic heterocycles. The molecule has 0 aliphatic rings. The van der Waals surface area contributed by atoms with E-state index in [2.05, 4.69) is 15.8 Å². The van der Waals surface area contributed by atoms with Crippen molar-refractivity contribution in [2.75, 3.05) is 5.32 Å². The molecule has 152 valence electrons. The number of hydrogen-bond acceptors (Lipinski definition) is 4. The predicted octanol–water partition coefficient (Wildman–Crippen LogP) is 3.87. The van der Waals surface area contributed by atoms with Crippen molar-refractivity contribution in [2.24, 2.45) is 5.10 Å². The van der Waals surface area contributed by atoms with Gasteiger partial charge in [0.25, 0.3) is 5.91 Å². The second kappa shape index (κ2) is 9.47. The topological polar surface area (TPSA) is 90.8 Å². The number of anilines is 1. The molecular weight excluding hydrogens is 385 g/mol. The molecule has 0 heterocycles. The van der Waals surface area contributed by atoms with Crippen LogP contribution < -0.4 is 10.7 Å². The van der Waals surface area contributed by atoms with Gasteiger partial charge < -0.3 is 10.4 Å². The van der Waals surface area contributed by atoms with Crippen molar-refractivity contribution in [1.82, 2.24) is 5.43 Å². The molecule has 30 heavy (non-hydrogen) atoms. The molecule has 6 nitrogen and oxygen atoms in total. The molecular formula is C23H20FN3O3. The van der Waals surface area contributed by atoms with Crippen molar-refractivity contribution in [2.45, 2.75) is 13.3 Å². The Morgan fingerprint density at radius 1 is 0.967 bits per heavy atom. The van der Waals surface area contributed by atoms with E-state index >= 15 is 0 Å². The summed E-state index contributed by atoms with van der Waals surface area (Å²) in [4.78, 5) is 24.2. The summed E-state index contributed by atoms with van der Waals surface area (Å²) in [7, 11) is 0. The molecule has 3 N–H and O–H groups in total. The van der Waals surface area contributed by atoms with E-state index in [-0.39, 0.29) is 23.6 Å². The van der Waals surface area contributed by atoms with E-state index in [1.165, 1.54) is 30.3 Å². The van der Waals surface area contributed by atoms with Gasteiger partial charge in [0.2, 0.25) is 5.91 Å². The van der Waals surface area contributed by atoms with Gasteiger partial charge in [-0.3, -0.25) is 9.59 Å². The van der Waals surface area contributed by atoms with E-state index < -0.39 is 11.7 Å². The number of halogens is 1. The van der Waals surface area contributed by atoms with Gasteiger partial charge in [-0.15, -0.1) is 0 Å². The number of phenolic OH excluding ortho intramolecular Hbond substituents is 1. The quantitative estimate of drug-likeness (QED) is 0.430. The Labute approximate surface area is 173 Å². The molecule has 2 amide bonds. The van der Waals surface area contributed by atoms with Gasteiger partial charge in [-0.05, 0) is 54.4 Å². The first-order valence-electron chi connectivity index (χ1n) is 9.20. The number of phenols is 1. The zero-order valence-corrected chi connectivity index (χ0v) is 16.2. The number of carbonyl (C=O) groups excluding carboxylic acids is 2. The van der Waals surface area contributed by atoms with Crippen LogP contribution in [0.25, 0.3) is 0 Å². The third kappa shape index (κ3) is 5.51. The highest BCUT2D eigenvalue weighted by Gasteiger charge is 2.11. The number of benzene rings is 3. The molecule has 0 atom stereocenters. The van der Waals surface area contributed by atoms with Crippen LogP contribution in [-0.2, 0) is 11.2 Å². The number of hydrogen-bond donors (Lipinski definition) is 3. The summed E-state index contributed by atoms with van der Waals surface area (Å²) in [5.41, 5.74) is 5.07. The average molecular weight is 405 g/mol. The molecule has 0 aromatic heterocycles. The molecule has 0 saturated heterocycles. The molecule has 7 heteroatoms. The minimum Gasteiger partial charge on any atom is -0.508 e. The standard InChI is InChI=1S/C23H20FN3O3/c1-15(26-27-22(29)14-16-6-12-19(28)13-7-16)17-8-10-18(11-9-17)25-23(30)20-4-2-3-5-21(20)24/h2-13,28H,14H2,1H3,(H,25,30)(H,27,29)/b26-15-. The van der Waals surface area contributed by atoms with Gasteiger partial charge >= 0.3 is 0 Å². The van der Waals surface area contributed by atoms with E-state index in [0.29, 0.717) is 11.4 Å². The van der Waals surface area contributed by atoms with Gasteiger partial charge in [-0.25, -0.2) is 9.82 Å². The Balaban J connectivity index is 1.58. The molecule has 0 bridgehead atoms. The summed E-state index contributed by atoms with van der Waals surface area (Å²) in [6, 6.07) is 18.9. The number of nitrogens with zero attached hydrogens (tertiary/aromatic N) is 1. The van der Waals surface area contributed by atoms with Gasteiger partial charge in [-0.1, -0.05) is 36.4 Å². The first-order valence-corrected chi connectivity index (χ1v) is 9.20. The maximum atomic E-state index is 13.7. The number of hydrazone groups is 1. The minimum atomic E-state index is -0.586. The predicted molar refractivity (Wildman–Crippen MR) is 113 cm³/mol. The van der Waals surface area contributed by atoms with E-state index in [1.807, 2.05) is 0 Å². The number of amides is 2. The van der Waals surface area contributed by atoms with Crippen LogP contribution in [0.2, 0.25) is 0 Å². The molecule has 0 spiro atoms. The number of carbonyl (C=O) groups is 2. The first-order chi connectivity index (χ1) is 14.4. The van der Waals surface area contributed by atoms with Crippen molar-refractivity contribution < 1.29 is 19.1 Å². The molecule has 0 unspecified atom stereocenters. The van der Waals surface area contributed by atoms with Crippen molar-refractivity contribution in [3.63, 3.8) is 0 Å². The smallest absolute Gasteiger partial charge is 0.258 e.